The number of aryl methyl sites for hydroxylation is 1. The summed E-state index contributed by atoms with van der Waals surface area (Å²) in [6.45, 7) is 9.58. The second-order valence-corrected chi connectivity index (χ2v) is 5.13. The lowest BCUT2D eigenvalue weighted by Crippen LogP contribution is -2.47. The van der Waals surface area contributed by atoms with Crippen LogP contribution in [0.25, 0.3) is 0 Å². The van der Waals surface area contributed by atoms with Crippen molar-refractivity contribution in [3.63, 3.8) is 0 Å². The molecular formula is C14H24N2O2. The third kappa shape index (κ3) is 2.94. The normalized spacial score (nSPS) is 25.6. The van der Waals surface area contributed by atoms with Gasteiger partial charge in [0.25, 0.3) is 0 Å². The van der Waals surface area contributed by atoms with Gasteiger partial charge in [-0.1, -0.05) is 6.92 Å². The van der Waals surface area contributed by atoms with E-state index in [-0.39, 0.29) is 0 Å². The highest BCUT2D eigenvalue weighted by Crippen LogP contribution is 2.21. The van der Waals surface area contributed by atoms with Gasteiger partial charge in [-0.05, 0) is 26.3 Å². The Labute approximate surface area is 109 Å². The van der Waals surface area contributed by atoms with Gasteiger partial charge in [0.1, 0.15) is 11.5 Å². The maximum absolute atomic E-state index is 5.72. The Kier molecular flexibility index (Phi) is 4.43. The molecule has 102 valence electrons. The van der Waals surface area contributed by atoms with Crippen molar-refractivity contribution in [2.75, 3.05) is 13.2 Å². The lowest BCUT2D eigenvalue weighted by Gasteiger charge is -2.38. The van der Waals surface area contributed by atoms with E-state index in [2.05, 4.69) is 24.8 Å². The summed E-state index contributed by atoms with van der Waals surface area (Å²) in [6, 6.07) is 2.60. The van der Waals surface area contributed by atoms with E-state index in [4.69, 9.17) is 14.9 Å². The van der Waals surface area contributed by atoms with E-state index in [1.807, 2.05) is 6.92 Å². The summed E-state index contributed by atoms with van der Waals surface area (Å²) in [5.41, 5.74) is 6.87. The van der Waals surface area contributed by atoms with Gasteiger partial charge >= 0.3 is 0 Å². The molecule has 1 aliphatic heterocycles. The minimum Gasteiger partial charge on any atom is -0.465 e. The minimum atomic E-state index is 0.314. The molecule has 1 saturated heterocycles. The molecule has 2 heterocycles. The van der Waals surface area contributed by atoms with Crippen LogP contribution >= 0.6 is 0 Å². The maximum Gasteiger partial charge on any atom is 0.118 e. The van der Waals surface area contributed by atoms with Crippen molar-refractivity contribution >= 4 is 0 Å². The van der Waals surface area contributed by atoms with Crippen molar-refractivity contribution in [1.82, 2.24) is 4.90 Å². The first-order valence-corrected chi connectivity index (χ1v) is 6.78. The van der Waals surface area contributed by atoms with Gasteiger partial charge in [-0.2, -0.15) is 0 Å². The van der Waals surface area contributed by atoms with Crippen molar-refractivity contribution in [2.45, 2.75) is 52.4 Å². The Morgan fingerprint density at radius 2 is 2.28 bits per heavy atom. The monoisotopic (exact) mass is 252 g/mol. The van der Waals surface area contributed by atoms with Crippen LogP contribution in [0.1, 0.15) is 37.4 Å². The lowest BCUT2D eigenvalue weighted by molar-refractivity contribution is -0.0593. The number of nitrogens with two attached hydrogens (primary N) is 1. The summed E-state index contributed by atoms with van der Waals surface area (Å²) < 4.78 is 11.3. The topological polar surface area (TPSA) is 51.6 Å². The molecule has 2 atom stereocenters. The largest absolute Gasteiger partial charge is 0.465 e. The summed E-state index contributed by atoms with van der Waals surface area (Å²) in [7, 11) is 0. The van der Waals surface area contributed by atoms with Crippen LogP contribution in [0.4, 0.5) is 0 Å². The van der Waals surface area contributed by atoms with Gasteiger partial charge in [-0.3, -0.25) is 4.90 Å². The molecular weight excluding hydrogens is 228 g/mol. The van der Waals surface area contributed by atoms with Crippen LogP contribution in [-0.2, 0) is 17.8 Å². The molecule has 0 radical (unpaired) electrons. The van der Waals surface area contributed by atoms with Crippen molar-refractivity contribution < 1.29 is 9.15 Å². The fourth-order valence-corrected chi connectivity index (χ4v) is 2.55. The summed E-state index contributed by atoms with van der Waals surface area (Å²) in [4.78, 5) is 2.49. The Morgan fingerprint density at radius 1 is 1.50 bits per heavy atom. The zero-order valence-corrected chi connectivity index (χ0v) is 11.6. The predicted molar refractivity (Wildman–Crippen MR) is 71.2 cm³/mol. The van der Waals surface area contributed by atoms with E-state index in [1.165, 1.54) is 5.56 Å². The molecule has 2 rings (SSSR count). The number of hydrogen-bond acceptors (Lipinski definition) is 4. The second kappa shape index (κ2) is 5.87. The molecule has 0 bridgehead atoms. The Hall–Kier alpha value is -0.840. The SMILES string of the molecule is CCC1COC(C)CN1Cc1cc(CN)oc1C. The first kappa shape index (κ1) is 13.6. The quantitative estimate of drug-likeness (QED) is 0.891. The van der Waals surface area contributed by atoms with Crippen LogP contribution in [0.3, 0.4) is 0 Å². The molecule has 0 aliphatic carbocycles. The van der Waals surface area contributed by atoms with E-state index in [1.54, 1.807) is 0 Å². The Bertz CT molecular complexity index is 389. The Morgan fingerprint density at radius 3 is 2.89 bits per heavy atom. The van der Waals surface area contributed by atoms with Gasteiger partial charge in [0.2, 0.25) is 0 Å². The van der Waals surface area contributed by atoms with Gasteiger partial charge in [-0.15, -0.1) is 0 Å². The van der Waals surface area contributed by atoms with Crippen molar-refractivity contribution in [1.29, 1.82) is 0 Å². The van der Waals surface area contributed by atoms with Crippen LogP contribution in [0, 0.1) is 6.92 Å². The molecule has 0 saturated carbocycles. The standard InChI is InChI=1S/C14H24N2O2/c1-4-13-9-17-10(2)7-16(13)8-12-5-14(6-15)18-11(12)3/h5,10,13H,4,6-9,15H2,1-3H3. The zero-order valence-electron chi connectivity index (χ0n) is 11.6. The van der Waals surface area contributed by atoms with Gasteiger partial charge in [0, 0.05) is 24.7 Å². The van der Waals surface area contributed by atoms with Crippen LogP contribution < -0.4 is 5.73 Å². The number of morpholine rings is 1. The number of rotatable bonds is 4. The minimum absolute atomic E-state index is 0.314. The van der Waals surface area contributed by atoms with Crippen LogP contribution in [0.2, 0.25) is 0 Å². The van der Waals surface area contributed by atoms with Crippen LogP contribution in [-0.4, -0.2) is 30.2 Å². The van der Waals surface area contributed by atoms with E-state index in [0.717, 1.165) is 37.6 Å². The predicted octanol–water partition coefficient (Wildman–Crippen LogP) is 2.05. The van der Waals surface area contributed by atoms with Crippen molar-refractivity contribution in [2.24, 2.45) is 5.73 Å². The van der Waals surface area contributed by atoms with Gasteiger partial charge < -0.3 is 14.9 Å². The first-order chi connectivity index (χ1) is 8.63. The maximum atomic E-state index is 5.72. The summed E-state index contributed by atoms with van der Waals surface area (Å²) in [6.07, 6.45) is 1.43. The molecule has 4 heteroatoms. The summed E-state index contributed by atoms with van der Waals surface area (Å²) in [5, 5.41) is 0. The molecule has 0 spiro atoms. The first-order valence-electron chi connectivity index (χ1n) is 6.78. The molecule has 4 nitrogen and oxygen atoms in total. The average molecular weight is 252 g/mol. The fraction of sp³-hybridized carbons (Fsp3) is 0.714. The van der Waals surface area contributed by atoms with Gasteiger partial charge in [-0.25, -0.2) is 0 Å². The van der Waals surface area contributed by atoms with Crippen molar-refractivity contribution in [3.8, 4) is 0 Å². The van der Waals surface area contributed by atoms with E-state index < -0.39 is 0 Å². The van der Waals surface area contributed by atoms with E-state index in [0.29, 0.717) is 18.7 Å². The fourth-order valence-electron chi connectivity index (χ4n) is 2.55. The zero-order chi connectivity index (χ0) is 13.1. The van der Waals surface area contributed by atoms with E-state index in [9.17, 15) is 0 Å². The molecule has 2 unspecified atom stereocenters. The average Bonchev–Trinajstić information content (AvgIpc) is 2.71. The molecule has 1 fully saturated rings. The smallest absolute Gasteiger partial charge is 0.118 e. The van der Waals surface area contributed by atoms with Gasteiger partial charge in [0.05, 0.1) is 19.3 Å². The van der Waals surface area contributed by atoms with Crippen molar-refractivity contribution in [3.05, 3.63) is 23.2 Å². The van der Waals surface area contributed by atoms with Gasteiger partial charge in [0.15, 0.2) is 0 Å². The number of hydrogen-bond donors (Lipinski definition) is 1. The highest BCUT2D eigenvalue weighted by atomic mass is 16.5. The molecule has 0 aromatic carbocycles. The molecule has 18 heavy (non-hydrogen) atoms. The van der Waals surface area contributed by atoms with E-state index >= 15 is 0 Å². The number of ether oxygens (including phenoxy) is 1. The molecule has 1 aromatic rings. The summed E-state index contributed by atoms with van der Waals surface area (Å²) in [5.74, 6) is 1.86. The lowest BCUT2D eigenvalue weighted by atomic mass is 10.1. The second-order valence-electron chi connectivity index (χ2n) is 5.13. The highest BCUT2D eigenvalue weighted by molar-refractivity contribution is 5.20. The molecule has 1 aliphatic rings. The molecule has 1 aromatic heterocycles. The third-order valence-electron chi connectivity index (χ3n) is 3.70. The summed E-state index contributed by atoms with van der Waals surface area (Å²) >= 11 is 0. The highest BCUT2D eigenvalue weighted by Gasteiger charge is 2.26. The van der Waals surface area contributed by atoms with Crippen LogP contribution in [0.5, 0.6) is 0 Å². The number of nitrogens with zero attached hydrogens (tertiary/aromatic N) is 1. The van der Waals surface area contributed by atoms with Crippen LogP contribution in [0.15, 0.2) is 10.5 Å². The molecule has 2 N–H and O–H groups in total. The molecule has 0 amide bonds. The number of furan rings is 1. The third-order valence-corrected chi connectivity index (χ3v) is 3.70. The Balaban J connectivity index is 2.07.